The Morgan fingerprint density at radius 1 is 1.14 bits per heavy atom. The lowest BCUT2D eigenvalue weighted by molar-refractivity contribution is 0.849. The number of thioether (sulfide) groups is 1. The van der Waals surface area contributed by atoms with E-state index in [2.05, 4.69) is 80.5 Å². The van der Waals surface area contributed by atoms with Crippen LogP contribution in [0, 0.1) is 6.92 Å². The Hall–Kier alpha value is -0.780. The van der Waals surface area contributed by atoms with Gasteiger partial charge in [0.05, 0.1) is 11.7 Å². The van der Waals surface area contributed by atoms with Gasteiger partial charge in [0.15, 0.2) is 5.17 Å². The van der Waals surface area contributed by atoms with Crippen LogP contribution in [0.5, 0.6) is 0 Å². The average molecular weight is 426 g/mol. The maximum Gasteiger partial charge on any atom is 0.161 e. The van der Waals surface area contributed by atoms with Crippen LogP contribution in [0.4, 0.5) is 5.69 Å². The number of nitrogens with zero attached hydrogens (tertiary/aromatic N) is 1. The quantitative estimate of drug-likeness (QED) is 0.659. The summed E-state index contributed by atoms with van der Waals surface area (Å²) in [5, 5.41) is 4.39. The molecule has 2 nitrogen and oxygen atoms in total. The largest absolute Gasteiger partial charge is 0.333 e. The number of aliphatic imine (C=N–C) groups is 1. The monoisotopic (exact) mass is 424 g/mol. The van der Waals surface area contributed by atoms with Gasteiger partial charge in [0.2, 0.25) is 0 Å². The van der Waals surface area contributed by atoms with E-state index < -0.39 is 0 Å². The number of rotatable bonds is 2. The highest BCUT2D eigenvalue weighted by Gasteiger charge is 2.21. The lowest BCUT2D eigenvalue weighted by Gasteiger charge is -2.11. The molecule has 2 aromatic rings. The average Bonchev–Trinajstić information content (AvgIpc) is 2.92. The predicted octanol–water partition coefficient (Wildman–Crippen LogP) is 5.78. The van der Waals surface area contributed by atoms with Gasteiger partial charge in [0.1, 0.15) is 0 Å². The van der Waals surface area contributed by atoms with E-state index in [0.717, 1.165) is 25.6 Å². The van der Waals surface area contributed by atoms with Gasteiger partial charge in [-0.1, -0.05) is 42.1 Å². The van der Waals surface area contributed by atoms with Crippen LogP contribution in [-0.4, -0.2) is 10.9 Å². The minimum Gasteiger partial charge on any atom is -0.333 e. The topological polar surface area (TPSA) is 24.4 Å². The van der Waals surface area contributed by atoms with E-state index in [0.29, 0.717) is 0 Å². The number of anilines is 1. The highest BCUT2D eigenvalue weighted by atomic mass is 79.9. The summed E-state index contributed by atoms with van der Waals surface area (Å²) in [5.41, 5.74) is 3.51. The Balaban J connectivity index is 1.81. The second kappa shape index (κ2) is 6.55. The van der Waals surface area contributed by atoms with Crippen LogP contribution in [0.2, 0.25) is 0 Å². The highest BCUT2D eigenvalue weighted by molar-refractivity contribution is 9.11. The van der Waals surface area contributed by atoms with Crippen molar-refractivity contribution in [3.05, 3.63) is 62.5 Å². The highest BCUT2D eigenvalue weighted by Crippen LogP contribution is 2.36. The first-order chi connectivity index (χ1) is 10.1. The minimum atomic E-state index is 0.238. The number of amidine groups is 1. The molecule has 1 aliphatic rings. The van der Waals surface area contributed by atoms with Crippen molar-refractivity contribution < 1.29 is 0 Å². The fourth-order valence-corrected chi connectivity index (χ4v) is 4.79. The van der Waals surface area contributed by atoms with Crippen LogP contribution < -0.4 is 5.32 Å². The first kappa shape index (κ1) is 15.1. The van der Waals surface area contributed by atoms with Gasteiger partial charge < -0.3 is 5.32 Å². The van der Waals surface area contributed by atoms with Crippen molar-refractivity contribution in [1.29, 1.82) is 0 Å². The number of hydrogen-bond acceptors (Lipinski definition) is 3. The Morgan fingerprint density at radius 3 is 2.48 bits per heavy atom. The van der Waals surface area contributed by atoms with Gasteiger partial charge in [-0.2, -0.15) is 0 Å². The summed E-state index contributed by atoms with van der Waals surface area (Å²) >= 11 is 8.98. The third-order valence-corrected chi connectivity index (χ3v) is 5.47. The molecule has 1 N–H and O–H groups in total. The third-order valence-electron chi connectivity index (χ3n) is 3.25. The molecule has 0 saturated heterocycles. The summed E-state index contributed by atoms with van der Waals surface area (Å²) in [6, 6.07) is 14.9. The van der Waals surface area contributed by atoms with E-state index in [1.54, 1.807) is 11.8 Å². The molecule has 108 valence electrons. The zero-order valence-electron chi connectivity index (χ0n) is 11.4. The van der Waals surface area contributed by atoms with Crippen LogP contribution in [0.25, 0.3) is 0 Å². The number of nitrogens with one attached hydrogen (secondary N) is 1. The molecule has 21 heavy (non-hydrogen) atoms. The summed E-state index contributed by atoms with van der Waals surface area (Å²) in [6.45, 7) is 2.08. The van der Waals surface area contributed by atoms with Crippen molar-refractivity contribution in [2.75, 3.05) is 11.1 Å². The second-order valence-corrected chi connectivity index (χ2v) is 7.62. The molecular formula is C16H14Br2N2S. The number of hydrogen-bond donors (Lipinski definition) is 1. The molecule has 0 amide bonds. The molecular weight excluding hydrogens is 412 g/mol. The molecule has 1 unspecified atom stereocenters. The van der Waals surface area contributed by atoms with Gasteiger partial charge in [-0.05, 0) is 62.0 Å². The normalized spacial score (nSPS) is 17.7. The van der Waals surface area contributed by atoms with Crippen molar-refractivity contribution in [2.45, 2.75) is 13.0 Å². The first-order valence-corrected chi connectivity index (χ1v) is 9.19. The van der Waals surface area contributed by atoms with Gasteiger partial charge >= 0.3 is 0 Å². The van der Waals surface area contributed by atoms with Crippen molar-refractivity contribution in [3.63, 3.8) is 0 Å². The first-order valence-electron chi connectivity index (χ1n) is 6.61. The molecule has 1 aliphatic heterocycles. The molecule has 0 aliphatic carbocycles. The maximum absolute atomic E-state index is 4.79. The second-order valence-electron chi connectivity index (χ2n) is 4.90. The summed E-state index contributed by atoms with van der Waals surface area (Å²) in [7, 11) is 0. The van der Waals surface area contributed by atoms with Crippen LogP contribution in [-0.2, 0) is 0 Å². The summed E-state index contributed by atoms with van der Waals surface area (Å²) in [6.07, 6.45) is 0. The molecule has 2 aromatic carbocycles. The smallest absolute Gasteiger partial charge is 0.161 e. The fourth-order valence-electron chi connectivity index (χ4n) is 2.21. The number of benzene rings is 2. The van der Waals surface area contributed by atoms with Crippen molar-refractivity contribution >= 4 is 54.5 Å². The predicted molar refractivity (Wildman–Crippen MR) is 99.3 cm³/mol. The Morgan fingerprint density at radius 2 is 1.81 bits per heavy atom. The summed E-state index contributed by atoms with van der Waals surface area (Å²) in [4.78, 5) is 4.79. The molecule has 0 aromatic heterocycles. The molecule has 1 heterocycles. The van der Waals surface area contributed by atoms with Gasteiger partial charge in [-0.15, -0.1) is 0 Å². The van der Waals surface area contributed by atoms with E-state index >= 15 is 0 Å². The van der Waals surface area contributed by atoms with E-state index in [4.69, 9.17) is 4.99 Å². The lowest BCUT2D eigenvalue weighted by atomic mass is 10.1. The summed E-state index contributed by atoms with van der Waals surface area (Å²) in [5.74, 6) is 0.980. The van der Waals surface area contributed by atoms with Crippen molar-refractivity contribution in [2.24, 2.45) is 4.99 Å². The zero-order valence-corrected chi connectivity index (χ0v) is 15.4. The van der Waals surface area contributed by atoms with Crippen LogP contribution in [0.15, 0.2) is 56.4 Å². The SMILES string of the molecule is Cc1cc(Br)c(NC2=NC(c3ccccc3)CS2)c(Br)c1. The zero-order chi connectivity index (χ0) is 14.8. The number of halogens is 2. The van der Waals surface area contributed by atoms with E-state index in [9.17, 15) is 0 Å². The number of aryl methyl sites for hydroxylation is 1. The minimum absolute atomic E-state index is 0.238. The van der Waals surface area contributed by atoms with Gasteiger partial charge in [0.25, 0.3) is 0 Å². The molecule has 0 spiro atoms. The molecule has 0 saturated carbocycles. The standard InChI is InChI=1S/C16H14Br2N2S/c1-10-7-12(17)15(13(18)8-10)20-16-19-14(9-21-16)11-5-3-2-4-6-11/h2-8,14H,9H2,1H3,(H,19,20). The van der Waals surface area contributed by atoms with Crippen molar-refractivity contribution in [1.82, 2.24) is 0 Å². The molecule has 1 atom stereocenters. The third kappa shape index (κ3) is 3.52. The van der Waals surface area contributed by atoms with E-state index in [-0.39, 0.29) is 6.04 Å². The molecule has 3 rings (SSSR count). The Bertz CT molecular complexity index is 663. The van der Waals surface area contributed by atoms with Gasteiger partial charge in [0, 0.05) is 14.7 Å². The Kier molecular flexibility index (Phi) is 4.72. The maximum atomic E-state index is 4.79. The van der Waals surface area contributed by atoms with E-state index in [1.165, 1.54) is 11.1 Å². The van der Waals surface area contributed by atoms with Gasteiger partial charge in [-0.3, -0.25) is 4.99 Å². The van der Waals surface area contributed by atoms with Crippen LogP contribution in [0.1, 0.15) is 17.2 Å². The molecule has 0 fully saturated rings. The lowest BCUT2D eigenvalue weighted by Crippen LogP contribution is -2.06. The molecule has 5 heteroatoms. The Labute approximate surface area is 145 Å². The van der Waals surface area contributed by atoms with E-state index in [1.807, 2.05) is 6.07 Å². The van der Waals surface area contributed by atoms with Gasteiger partial charge in [-0.25, -0.2) is 0 Å². The summed E-state index contributed by atoms with van der Waals surface area (Å²) < 4.78 is 2.08. The fraction of sp³-hybridized carbons (Fsp3) is 0.188. The van der Waals surface area contributed by atoms with Crippen molar-refractivity contribution in [3.8, 4) is 0 Å². The molecule has 0 bridgehead atoms. The molecule has 0 radical (unpaired) electrons. The van der Waals surface area contributed by atoms with Crippen LogP contribution in [0.3, 0.4) is 0 Å². The van der Waals surface area contributed by atoms with Crippen LogP contribution >= 0.6 is 43.6 Å².